The second-order valence-electron chi connectivity index (χ2n) is 6.81. The van der Waals surface area contributed by atoms with Crippen LogP contribution >= 0.6 is 0 Å². The number of H-pyrrole nitrogens is 1. The Bertz CT molecular complexity index is 904. The smallest absolute Gasteiger partial charge is 0.274 e. The molecule has 8 heteroatoms. The van der Waals surface area contributed by atoms with Crippen molar-refractivity contribution in [1.82, 2.24) is 19.8 Å². The van der Waals surface area contributed by atoms with Gasteiger partial charge in [-0.3, -0.25) is 14.4 Å². The van der Waals surface area contributed by atoms with Crippen molar-refractivity contribution in [3.05, 3.63) is 57.8 Å². The van der Waals surface area contributed by atoms with Crippen LogP contribution in [0, 0.1) is 13.8 Å². The molecule has 1 N–H and O–H groups in total. The SMILES string of the molecule is Cc1cccc(OCC(=O)N2CCCN(C(=O)c3c[nH]c(=O)cn3)CC2)c1C. The molecule has 1 saturated heterocycles. The highest BCUT2D eigenvalue weighted by Crippen LogP contribution is 2.20. The van der Waals surface area contributed by atoms with E-state index >= 15 is 0 Å². The Labute approximate surface area is 163 Å². The van der Waals surface area contributed by atoms with Gasteiger partial charge in [0.1, 0.15) is 11.4 Å². The molecule has 1 aliphatic heterocycles. The van der Waals surface area contributed by atoms with Gasteiger partial charge in [0.25, 0.3) is 17.4 Å². The molecule has 1 aromatic carbocycles. The molecule has 0 aliphatic carbocycles. The lowest BCUT2D eigenvalue weighted by Crippen LogP contribution is -2.39. The van der Waals surface area contributed by atoms with Crippen molar-refractivity contribution in [2.75, 3.05) is 32.8 Å². The van der Waals surface area contributed by atoms with E-state index in [0.29, 0.717) is 38.3 Å². The van der Waals surface area contributed by atoms with Gasteiger partial charge in [0.2, 0.25) is 0 Å². The summed E-state index contributed by atoms with van der Waals surface area (Å²) in [6.07, 6.45) is 3.08. The standard InChI is InChI=1S/C20H24N4O4/c1-14-5-3-6-17(15(14)2)28-13-19(26)23-7-4-8-24(10-9-23)20(27)16-11-22-18(25)12-21-16/h3,5-6,11-12H,4,7-10,13H2,1-2H3,(H,22,25). The maximum Gasteiger partial charge on any atom is 0.274 e. The lowest BCUT2D eigenvalue weighted by atomic mass is 10.1. The Balaban J connectivity index is 1.56. The lowest BCUT2D eigenvalue weighted by molar-refractivity contribution is -0.133. The van der Waals surface area contributed by atoms with Gasteiger partial charge in [0.15, 0.2) is 6.61 Å². The fourth-order valence-electron chi connectivity index (χ4n) is 3.10. The highest BCUT2D eigenvalue weighted by molar-refractivity contribution is 5.92. The average Bonchev–Trinajstić information content (AvgIpc) is 2.95. The molecule has 8 nitrogen and oxygen atoms in total. The molecule has 1 fully saturated rings. The van der Waals surface area contributed by atoms with Gasteiger partial charge in [0.05, 0.1) is 6.20 Å². The number of nitrogens with zero attached hydrogens (tertiary/aromatic N) is 3. The van der Waals surface area contributed by atoms with Crippen LogP contribution in [0.5, 0.6) is 5.75 Å². The Morgan fingerprint density at radius 2 is 1.89 bits per heavy atom. The normalized spacial score (nSPS) is 14.5. The first-order valence-corrected chi connectivity index (χ1v) is 9.26. The number of hydrogen-bond acceptors (Lipinski definition) is 5. The number of amides is 2. The fraction of sp³-hybridized carbons (Fsp3) is 0.400. The number of aromatic amines is 1. The van der Waals surface area contributed by atoms with Gasteiger partial charge < -0.3 is 19.5 Å². The van der Waals surface area contributed by atoms with E-state index in [0.717, 1.165) is 17.3 Å². The molecule has 2 aromatic rings. The Hall–Kier alpha value is -3.16. The number of carbonyl (C=O) groups is 2. The number of nitrogens with one attached hydrogen (secondary N) is 1. The summed E-state index contributed by atoms with van der Waals surface area (Å²) in [4.78, 5) is 45.9. The van der Waals surface area contributed by atoms with E-state index in [4.69, 9.17) is 4.74 Å². The summed E-state index contributed by atoms with van der Waals surface area (Å²) in [7, 11) is 0. The minimum atomic E-state index is -0.354. The summed E-state index contributed by atoms with van der Waals surface area (Å²) in [5.41, 5.74) is 1.98. The molecule has 2 amide bonds. The van der Waals surface area contributed by atoms with Gasteiger partial charge in [-0.2, -0.15) is 0 Å². The molecule has 1 aliphatic rings. The van der Waals surface area contributed by atoms with Crippen LogP contribution in [0.4, 0.5) is 0 Å². The van der Waals surface area contributed by atoms with Crippen molar-refractivity contribution in [1.29, 1.82) is 0 Å². The van der Waals surface area contributed by atoms with Crippen molar-refractivity contribution >= 4 is 11.8 Å². The predicted octanol–water partition coefficient (Wildman–Crippen LogP) is 1.14. The molecule has 3 rings (SSSR count). The van der Waals surface area contributed by atoms with Crippen LogP contribution in [-0.2, 0) is 4.79 Å². The third-order valence-corrected chi connectivity index (χ3v) is 4.93. The number of aryl methyl sites for hydroxylation is 1. The van der Waals surface area contributed by atoms with Crippen molar-refractivity contribution in [3.8, 4) is 5.75 Å². The van der Waals surface area contributed by atoms with Gasteiger partial charge in [-0.1, -0.05) is 12.1 Å². The zero-order valence-electron chi connectivity index (χ0n) is 16.1. The van der Waals surface area contributed by atoms with Crippen LogP contribution in [-0.4, -0.2) is 64.4 Å². The molecule has 0 spiro atoms. The molecule has 0 bridgehead atoms. The lowest BCUT2D eigenvalue weighted by Gasteiger charge is -2.22. The van der Waals surface area contributed by atoms with Crippen LogP contribution in [0.15, 0.2) is 35.4 Å². The molecule has 0 atom stereocenters. The largest absolute Gasteiger partial charge is 0.483 e. The van der Waals surface area contributed by atoms with Gasteiger partial charge in [-0.25, -0.2) is 4.98 Å². The molecular formula is C20H24N4O4. The summed E-state index contributed by atoms with van der Waals surface area (Å²) in [5.74, 6) is 0.360. The van der Waals surface area contributed by atoms with Gasteiger partial charge in [-0.15, -0.1) is 0 Å². The van der Waals surface area contributed by atoms with Crippen LogP contribution < -0.4 is 10.3 Å². The zero-order valence-corrected chi connectivity index (χ0v) is 16.1. The topological polar surface area (TPSA) is 95.6 Å². The predicted molar refractivity (Wildman–Crippen MR) is 103 cm³/mol. The van der Waals surface area contributed by atoms with Crippen LogP contribution in [0.25, 0.3) is 0 Å². The summed E-state index contributed by atoms with van der Waals surface area (Å²) in [6.45, 7) is 5.88. The highest BCUT2D eigenvalue weighted by atomic mass is 16.5. The summed E-state index contributed by atoms with van der Waals surface area (Å²) < 4.78 is 5.71. The second kappa shape index (κ2) is 8.69. The van der Waals surface area contributed by atoms with E-state index in [1.165, 1.54) is 6.20 Å². The first-order chi connectivity index (χ1) is 13.5. The fourth-order valence-corrected chi connectivity index (χ4v) is 3.10. The minimum Gasteiger partial charge on any atom is -0.483 e. The van der Waals surface area contributed by atoms with Crippen LogP contribution in [0.2, 0.25) is 0 Å². The Morgan fingerprint density at radius 3 is 2.64 bits per heavy atom. The van der Waals surface area contributed by atoms with E-state index in [1.54, 1.807) is 9.80 Å². The average molecular weight is 384 g/mol. The summed E-state index contributed by atoms with van der Waals surface area (Å²) in [6, 6.07) is 5.76. The molecule has 0 unspecified atom stereocenters. The Kier molecular flexibility index (Phi) is 6.08. The number of carbonyl (C=O) groups excluding carboxylic acids is 2. The van der Waals surface area contributed by atoms with Gasteiger partial charge in [-0.05, 0) is 37.5 Å². The molecule has 28 heavy (non-hydrogen) atoms. The molecule has 0 radical (unpaired) electrons. The third-order valence-electron chi connectivity index (χ3n) is 4.93. The first kappa shape index (κ1) is 19.6. The summed E-state index contributed by atoms with van der Waals surface area (Å²) in [5, 5.41) is 0. The number of rotatable bonds is 4. The third kappa shape index (κ3) is 4.57. The van der Waals surface area contributed by atoms with Crippen LogP contribution in [0.3, 0.4) is 0 Å². The molecule has 1 aromatic heterocycles. The number of aromatic nitrogens is 2. The number of hydrogen-bond donors (Lipinski definition) is 1. The van der Waals surface area contributed by atoms with E-state index < -0.39 is 0 Å². The molecule has 0 saturated carbocycles. The zero-order chi connectivity index (χ0) is 20.1. The molecular weight excluding hydrogens is 360 g/mol. The summed E-state index contributed by atoms with van der Waals surface area (Å²) >= 11 is 0. The van der Waals surface area contributed by atoms with Gasteiger partial charge in [0, 0.05) is 32.4 Å². The number of benzene rings is 1. The quantitative estimate of drug-likeness (QED) is 0.853. The van der Waals surface area contributed by atoms with E-state index in [1.807, 2.05) is 32.0 Å². The van der Waals surface area contributed by atoms with E-state index in [-0.39, 0.29) is 29.7 Å². The minimum absolute atomic E-state index is 0.0281. The Morgan fingerprint density at radius 1 is 1.14 bits per heavy atom. The maximum absolute atomic E-state index is 12.5. The highest BCUT2D eigenvalue weighted by Gasteiger charge is 2.24. The molecule has 2 heterocycles. The van der Waals surface area contributed by atoms with E-state index in [2.05, 4.69) is 9.97 Å². The van der Waals surface area contributed by atoms with Crippen molar-refractivity contribution in [2.45, 2.75) is 20.3 Å². The van der Waals surface area contributed by atoms with Gasteiger partial charge >= 0.3 is 0 Å². The second-order valence-corrected chi connectivity index (χ2v) is 6.81. The number of ether oxygens (including phenoxy) is 1. The monoisotopic (exact) mass is 384 g/mol. The van der Waals surface area contributed by atoms with Crippen molar-refractivity contribution in [3.63, 3.8) is 0 Å². The van der Waals surface area contributed by atoms with E-state index in [9.17, 15) is 14.4 Å². The molecule has 148 valence electrons. The van der Waals surface area contributed by atoms with Crippen molar-refractivity contribution in [2.24, 2.45) is 0 Å². The van der Waals surface area contributed by atoms with Crippen LogP contribution in [0.1, 0.15) is 28.0 Å². The maximum atomic E-state index is 12.5. The first-order valence-electron chi connectivity index (χ1n) is 9.26. The van der Waals surface area contributed by atoms with Crippen molar-refractivity contribution < 1.29 is 14.3 Å².